The molecule has 0 radical (unpaired) electrons. The van der Waals surface area contributed by atoms with Gasteiger partial charge in [0.15, 0.2) is 15.7 Å². The number of rotatable bonds is 7. The summed E-state index contributed by atoms with van der Waals surface area (Å²) in [5.41, 5.74) is 5.80. The number of nitrogens with two attached hydrogens (primary N) is 1. The van der Waals surface area contributed by atoms with Crippen LogP contribution < -0.4 is 5.73 Å². The smallest absolute Gasteiger partial charge is 0.244 e. The van der Waals surface area contributed by atoms with Crippen LogP contribution in [0.2, 0.25) is 0 Å². The van der Waals surface area contributed by atoms with Gasteiger partial charge in [0.25, 0.3) is 0 Å². The standard InChI is InChI=1S/C10H19N3O4S/c1-4-5-16-6-8(11)9-12-10(17-13-9)7(2)18(3,14)15/h7-8H,4-6,11H2,1-3H3. The summed E-state index contributed by atoms with van der Waals surface area (Å²) in [5, 5.41) is 2.84. The second-order valence-electron chi connectivity index (χ2n) is 4.14. The van der Waals surface area contributed by atoms with Gasteiger partial charge in [-0.15, -0.1) is 0 Å². The van der Waals surface area contributed by atoms with Crippen LogP contribution in [-0.4, -0.2) is 38.0 Å². The van der Waals surface area contributed by atoms with Gasteiger partial charge in [-0.05, 0) is 13.3 Å². The minimum Gasteiger partial charge on any atom is -0.379 e. The summed E-state index contributed by atoms with van der Waals surface area (Å²) < 4.78 is 32.9. The van der Waals surface area contributed by atoms with E-state index in [1.54, 1.807) is 0 Å². The number of aromatic nitrogens is 2. The van der Waals surface area contributed by atoms with E-state index < -0.39 is 21.1 Å². The molecule has 1 rings (SSSR count). The Balaban J connectivity index is 2.68. The van der Waals surface area contributed by atoms with E-state index in [1.165, 1.54) is 6.92 Å². The second-order valence-corrected chi connectivity index (χ2v) is 6.51. The topological polar surface area (TPSA) is 108 Å². The highest BCUT2D eigenvalue weighted by Gasteiger charge is 2.25. The molecule has 8 heteroatoms. The van der Waals surface area contributed by atoms with E-state index in [4.69, 9.17) is 15.0 Å². The average Bonchev–Trinajstić information content (AvgIpc) is 2.76. The zero-order valence-electron chi connectivity index (χ0n) is 10.8. The summed E-state index contributed by atoms with van der Waals surface area (Å²) in [7, 11) is -3.26. The lowest BCUT2D eigenvalue weighted by molar-refractivity contribution is 0.119. The van der Waals surface area contributed by atoms with Crippen LogP contribution in [-0.2, 0) is 14.6 Å². The lowest BCUT2D eigenvalue weighted by Crippen LogP contribution is -2.19. The third kappa shape index (κ3) is 4.04. The first kappa shape index (κ1) is 15.1. The zero-order valence-corrected chi connectivity index (χ0v) is 11.6. The van der Waals surface area contributed by atoms with E-state index in [9.17, 15) is 8.42 Å². The molecular weight excluding hydrogens is 258 g/mol. The van der Waals surface area contributed by atoms with Crippen molar-refractivity contribution < 1.29 is 17.7 Å². The molecule has 0 aliphatic heterocycles. The summed E-state index contributed by atoms with van der Waals surface area (Å²) in [6.07, 6.45) is 2.02. The minimum atomic E-state index is -3.26. The highest BCUT2D eigenvalue weighted by atomic mass is 32.2. The van der Waals surface area contributed by atoms with Gasteiger partial charge in [0, 0.05) is 12.9 Å². The molecule has 2 N–H and O–H groups in total. The molecule has 0 saturated carbocycles. The molecule has 0 aliphatic carbocycles. The van der Waals surface area contributed by atoms with Crippen LogP contribution in [0.1, 0.15) is 43.3 Å². The normalized spacial score (nSPS) is 15.6. The summed E-state index contributed by atoms with van der Waals surface area (Å²) in [6.45, 7) is 4.37. The van der Waals surface area contributed by atoms with Crippen molar-refractivity contribution in [2.45, 2.75) is 31.6 Å². The fourth-order valence-corrected chi connectivity index (χ4v) is 1.64. The Morgan fingerprint density at radius 3 is 2.72 bits per heavy atom. The van der Waals surface area contributed by atoms with Gasteiger partial charge in [0.05, 0.1) is 12.6 Å². The fraction of sp³-hybridized carbons (Fsp3) is 0.800. The summed E-state index contributed by atoms with van der Waals surface area (Å²) >= 11 is 0. The van der Waals surface area contributed by atoms with Gasteiger partial charge in [0.2, 0.25) is 5.89 Å². The van der Waals surface area contributed by atoms with Gasteiger partial charge in [-0.2, -0.15) is 4.98 Å². The third-order valence-electron chi connectivity index (χ3n) is 2.42. The van der Waals surface area contributed by atoms with Gasteiger partial charge < -0.3 is 15.0 Å². The van der Waals surface area contributed by atoms with Crippen LogP contribution in [0.3, 0.4) is 0 Å². The predicted octanol–water partition coefficient (Wildman–Crippen LogP) is 0.602. The SMILES string of the molecule is CCCOCC(N)c1noc(C(C)S(C)(=O)=O)n1. The maximum absolute atomic E-state index is 11.3. The van der Waals surface area contributed by atoms with Crippen molar-refractivity contribution in [2.24, 2.45) is 5.73 Å². The van der Waals surface area contributed by atoms with Gasteiger partial charge in [-0.1, -0.05) is 12.1 Å². The highest BCUT2D eigenvalue weighted by Crippen LogP contribution is 2.20. The molecule has 7 nitrogen and oxygen atoms in total. The molecule has 1 aromatic heterocycles. The average molecular weight is 277 g/mol. The van der Waals surface area contributed by atoms with E-state index in [-0.39, 0.29) is 18.3 Å². The molecule has 0 aromatic carbocycles. The predicted molar refractivity (Wildman–Crippen MR) is 65.6 cm³/mol. The maximum Gasteiger partial charge on any atom is 0.244 e. The quantitative estimate of drug-likeness (QED) is 0.727. The van der Waals surface area contributed by atoms with E-state index in [1.807, 2.05) is 6.92 Å². The molecule has 104 valence electrons. The minimum absolute atomic E-state index is 0.0541. The molecule has 2 unspecified atom stereocenters. The number of sulfone groups is 1. The Morgan fingerprint density at radius 2 is 2.17 bits per heavy atom. The van der Waals surface area contributed by atoms with E-state index >= 15 is 0 Å². The Labute approximate surface area is 107 Å². The van der Waals surface area contributed by atoms with Crippen molar-refractivity contribution >= 4 is 9.84 Å². The van der Waals surface area contributed by atoms with E-state index in [0.29, 0.717) is 6.61 Å². The molecule has 0 spiro atoms. The molecule has 0 saturated heterocycles. The van der Waals surface area contributed by atoms with Crippen molar-refractivity contribution in [1.82, 2.24) is 10.1 Å². The molecule has 1 aromatic rings. The van der Waals surface area contributed by atoms with Crippen molar-refractivity contribution in [2.75, 3.05) is 19.5 Å². The first-order chi connectivity index (χ1) is 8.36. The van der Waals surface area contributed by atoms with Crippen LogP contribution in [0.25, 0.3) is 0 Å². The van der Waals surface area contributed by atoms with Gasteiger partial charge in [-0.3, -0.25) is 0 Å². The number of hydrogen-bond acceptors (Lipinski definition) is 7. The third-order valence-corrected chi connectivity index (χ3v) is 3.91. The summed E-state index contributed by atoms with van der Waals surface area (Å²) in [4.78, 5) is 3.99. The monoisotopic (exact) mass is 277 g/mol. The van der Waals surface area contributed by atoms with Crippen molar-refractivity contribution in [3.63, 3.8) is 0 Å². The second kappa shape index (κ2) is 6.26. The van der Waals surface area contributed by atoms with Crippen LogP contribution in [0.4, 0.5) is 0 Å². The Bertz CT molecular complexity index is 471. The first-order valence-corrected chi connectivity index (χ1v) is 7.67. The Morgan fingerprint density at radius 1 is 1.50 bits per heavy atom. The van der Waals surface area contributed by atoms with Crippen molar-refractivity contribution in [3.05, 3.63) is 11.7 Å². The highest BCUT2D eigenvalue weighted by molar-refractivity contribution is 7.90. The van der Waals surface area contributed by atoms with Crippen LogP contribution in [0, 0.1) is 0 Å². The lowest BCUT2D eigenvalue weighted by atomic mass is 10.3. The summed E-state index contributed by atoms with van der Waals surface area (Å²) in [6, 6.07) is -0.513. The molecule has 0 fully saturated rings. The first-order valence-electron chi connectivity index (χ1n) is 5.72. The molecule has 18 heavy (non-hydrogen) atoms. The molecule has 1 heterocycles. The van der Waals surface area contributed by atoms with Crippen molar-refractivity contribution in [1.29, 1.82) is 0 Å². The molecule has 0 aliphatic rings. The van der Waals surface area contributed by atoms with Crippen molar-refractivity contribution in [3.8, 4) is 0 Å². The Kier molecular flexibility index (Phi) is 5.24. The van der Waals surface area contributed by atoms with Gasteiger partial charge >= 0.3 is 0 Å². The maximum atomic E-state index is 11.3. The Hall–Kier alpha value is -0.990. The van der Waals surface area contributed by atoms with Crippen LogP contribution in [0.15, 0.2) is 4.52 Å². The van der Waals surface area contributed by atoms with Gasteiger partial charge in [-0.25, -0.2) is 8.42 Å². The summed E-state index contributed by atoms with van der Waals surface area (Å²) in [5.74, 6) is 0.315. The molecule has 0 amide bonds. The fourth-order valence-electron chi connectivity index (χ4n) is 1.18. The van der Waals surface area contributed by atoms with Crippen LogP contribution in [0.5, 0.6) is 0 Å². The molecule has 2 atom stereocenters. The van der Waals surface area contributed by atoms with E-state index in [0.717, 1.165) is 12.7 Å². The lowest BCUT2D eigenvalue weighted by Gasteiger charge is -2.07. The number of ether oxygens (including phenoxy) is 1. The van der Waals surface area contributed by atoms with Gasteiger partial charge in [0.1, 0.15) is 5.25 Å². The van der Waals surface area contributed by atoms with Crippen LogP contribution >= 0.6 is 0 Å². The number of nitrogens with zero attached hydrogens (tertiary/aromatic N) is 2. The zero-order chi connectivity index (χ0) is 13.8. The largest absolute Gasteiger partial charge is 0.379 e. The molecule has 0 bridgehead atoms. The van der Waals surface area contributed by atoms with E-state index in [2.05, 4.69) is 10.1 Å². The molecular formula is C10H19N3O4S. The number of hydrogen-bond donors (Lipinski definition) is 1.